The first-order chi connectivity index (χ1) is 10.2. The van der Waals surface area contributed by atoms with Crippen LogP contribution in [0.2, 0.25) is 0 Å². The molecule has 2 heteroatoms. The van der Waals surface area contributed by atoms with Gasteiger partial charge in [-0.1, -0.05) is 42.5 Å². The van der Waals surface area contributed by atoms with Gasteiger partial charge < -0.3 is 4.90 Å². The smallest absolute Gasteiger partial charge is 0.0710 e. The molecule has 1 aromatic heterocycles. The van der Waals surface area contributed by atoms with E-state index in [9.17, 15) is 0 Å². The number of anilines is 1. The van der Waals surface area contributed by atoms with E-state index in [-0.39, 0.29) is 0 Å². The molecule has 0 unspecified atom stereocenters. The summed E-state index contributed by atoms with van der Waals surface area (Å²) in [6.07, 6.45) is 4.14. The Morgan fingerprint density at radius 2 is 1.67 bits per heavy atom. The molecule has 0 aliphatic heterocycles. The topological polar surface area (TPSA) is 16.1 Å². The normalized spacial score (nSPS) is 11.1. The second kappa shape index (κ2) is 5.80. The summed E-state index contributed by atoms with van der Waals surface area (Å²) in [5.41, 5.74) is 4.37. The van der Waals surface area contributed by atoms with Crippen LogP contribution in [-0.4, -0.2) is 19.1 Å². The molecule has 0 saturated carbocycles. The van der Waals surface area contributed by atoms with E-state index in [1.807, 2.05) is 32.3 Å². The molecule has 3 rings (SSSR count). The van der Waals surface area contributed by atoms with Crippen molar-refractivity contribution in [2.24, 2.45) is 0 Å². The average molecular weight is 274 g/mol. The molecule has 0 bridgehead atoms. The van der Waals surface area contributed by atoms with Gasteiger partial charge >= 0.3 is 0 Å². The number of pyridine rings is 1. The SMILES string of the molecule is CN(C)c1ccc2nc(/C=C/c3ccccc3)ccc2c1. The third-order valence-corrected chi connectivity index (χ3v) is 3.46. The fourth-order valence-electron chi connectivity index (χ4n) is 2.25. The van der Waals surface area contributed by atoms with E-state index < -0.39 is 0 Å². The van der Waals surface area contributed by atoms with E-state index in [1.54, 1.807) is 0 Å². The summed E-state index contributed by atoms with van der Waals surface area (Å²) in [6, 6.07) is 20.8. The van der Waals surface area contributed by atoms with Gasteiger partial charge in [-0.05, 0) is 35.9 Å². The maximum Gasteiger partial charge on any atom is 0.0710 e. The van der Waals surface area contributed by atoms with E-state index in [2.05, 4.69) is 64.5 Å². The third-order valence-electron chi connectivity index (χ3n) is 3.46. The fourth-order valence-corrected chi connectivity index (χ4v) is 2.25. The van der Waals surface area contributed by atoms with Crippen molar-refractivity contribution in [1.82, 2.24) is 4.98 Å². The van der Waals surface area contributed by atoms with E-state index in [1.165, 1.54) is 11.3 Å². The number of nitrogens with zero attached hydrogens (tertiary/aromatic N) is 2. The number of hydrogen-bond donors (Lipinski definition) is 0. The minimum Gasteiger partial charge on any atom is -0.378 e. The maximum absolute atomic E-state index is 4.69. The van der Waals surface area contributed by atoms with Gasteiger partial charge in [-0.3, -0.25) is 0 Å². The summed E-state index contributed by atoms with van der Waals surface area (Å²) in [7, 11) is 4.09. The van der Waals surface area contributed by atoms with Crippen LogP contribution in [0.3, 0.4) is 0 Å². The standard InChI is InChI=1S/C19H18N2/c1-21(2)18-12-13-19-16(14-18)9-11-17(20-19)10-8-15-6-4-3-5-7-15/h3-14H,1-2H3/b10-8+. The quantitative estimate of drug-likeness (QED) is 0.700. The van der Waals surface area contributed by atoms with Crippen molar-refractivity contribution in [3.63, 3.8) is 0 Å². The van der Waals surface area contributed by atoms with E-state index in [0.717, 1.165) is 16.6 Å². The molecule has 1 heterocycles. The summed E-state index contributed by atoms with van der Waals surface area (Å²) in [5.74, 6) is 0. The first-order valence-electron chi connectivity index (χ1n) is 7.04. The lowest BCUT2D eigenvalue weighted by atomic mass is 10.1. The molecule has 0 aliphatic rings. The predicted octanol–water partition coefficient (Wildman–Crippen LogP) is 4.47. The van der Waals surface area contributed by atoms with E-state index in [0.29, 0.717) is 0 Å². The van der Waals surface area contributed by atoms with Crippen LogP contribution in [-0.2, 0) is 0 Å². The second-order valence-corrected chi connectivity index (χ2v) is 5.25. The molecular weight excluding hydrogens is 256 g/mol. The highest BCUT2D eigenvalue weighted by Gasteiger charge is 2.00. The molecule has 0 aliphatic carbocycles. The van der Waals surface area contributed by atoms with Gasteiger partial charge in [-0.25, -0.2) is 4.98 Å². The molecule has 0 radical (unpaired) electrons. The minimum atomic E-state index is 0.976. The van der Waals surface area contributed by atoms with Crippen LogP contribution >= 0.6 is 0 Å². The number of aromatic nitrogens is 1. The van der Waals surface area contributed by atoms with Gasteiger partial charge in [0.2, 0.25) is 0 Å². The van der Waals surface area contributed by atoms with Crippen LogP contribution in [0.4, 0.5) is 5.69 Å². The molecule has 104 valence electrons. The highest BCUT2D eigenvalue weighted by Crippen LogP contribution is 2.20. The van der Waals surface area contributed by atoms with E-state index >= 15 is 0 Å². The lowest BCUT2D eigenvalue weighted by Gasteiger charge is -2.12. The largest absolute Gasteiger partial charge is 0.378 e. The Morgan fingerprint density at radius 1 is 0.857 bits per heavy atom. The van der Waals surface area contributed by atoms with Gasteiger partial charge in [0.15, 0.2) is 0 Å². The van der Waals surface area contributed by atoms with Gasteiger partial charge in [0.1, 0.15) is 0 Å². The first-order valence-corrected chi connectivity index (χ1v) is 7.04. The zero-order chi connectivity index (χ0) is 14.7. The van der Waals surface area contributed by atoms with Gasteiger partial charge in [0.25, 0.3) is 0 Å². The van der Waals surface area contributed by atoms with Crippen molar-refractivity contribution in [3.8, 4) is 0 Å². The van der Waals surface area contributed by atoms with Crippen molar-refractivity contribution in [2.45, 2.75) is 0 Å². The zero-order valence-corrected chi connectivity index (χ0v) is 12.3. The molecule has 0 saturated heterocycles. The molecule has 0 spiro atoms. The molecule has 21 heavy (non-hydrogen) atoms. The Balaban J connectivity index is 1.91. The molecule has 0 atom stereocenters. The van der Waals surface area contributed by atoms with Crippen LogP contribution in [0.25, 0.3) is 23.1 Å². The summed E-state index contributed by atoms with van der Waals surface area (Å²) in [6.45, 7) is 0. The molecule has 2 nitrogen and oxygen atoms in total. The monoisotopic (exact) mass is 274 g/mol. The summed E-state index contributed by atoms with van der Waals surface area (Å²) in [4.78, 5) is 6.79. The summed E-state index contributed by atoms with van der Waals surface area (Å²) in [5, 5.41) is 1.16. The van der Waals surface area contributed by atoms with Gasteiger partial charge in [0.05, 0.1) is 11.2 Å². The maximum atomic E-state index is 4.69. The first kappa shape index (κ1) is 13.4. The lowest BCUT2D eigenvalue weighted by Crippen LogP contribution is -2.08. The minimum absolute atomic E-state index is 0.976. The molecule has 0 amide bonds. The van der Waals surface area contributed by atoms with Gasteiger partial charge in [-0.15, -0.1) is 0 Å². The summed E-state index contributed by atoms with van der Waals surface area (Å²) < 4.78 is 0. The van der Waals surface area contributed by atoms with Gasteiger partial charge in [0, 0.05) is 25.2 Å². The lowest BCUT2D eigenvalue weighted by molar-refractivity contribution is 1.13. The predicted molar refractivity (Wildman–Crippen MR) is 91.4 cm³/mol. The van der Waals surface area contributed by atoms with Crippen LogP contribution in [0.5, 0.6) is 0 Å². The van der Waals surface area contributed by atoms with Crippen LogP contribution in [0.15, 0.2) is 60.7 Å². The van der Waals surface area contributed by atoms with E-state index in [4.69, 9.17) is 0 Å². The number of benzene rings is 2. The molecular formula is C19H18N2. The van der Waals surface area contributed by atoms with Crippen molar-refractivity contribution >= 4 is 28.7 Å². The van der Waals surface area contributed by atoms with Crippen molar-refractivity contribution in [1.29, 1.82) is 0 Å². The molecule has 2 aromatic carbocycles. The highest BCUT2D eigenvalue weighted by atomic mass is 15.1. The van der Waals surface area contributed by atoms with Crippen LogP contribution in [0.1, 0.15) is 11.3 Å². The van der Waals surface area contributed by atoms with Gasteiger partial charge in [-0.2, -0.15) is 0 Å². The molecule has 0 fully saturated rings. The Hall–Kier alpha value is -2.61. The number of hydrogen-bond acceptors (Lipinski definition) is 2. The van der Waals surface area contributed by atoms with Crippen molar-refractivity contribution in [2.75, 3.05) is 19.0 Å². The Labute approximate surface area is 125 Å². The summed E-state index contributed by atoms with van der Waals surface area (Å²) >= 11 is 0. The number of fused-ring (bicyclic) bond motifs is 1. The average Bonchev–Trinajstić information content (AvgIpc) is 2.53. The van der Waals surface area contributed by atoms with Crippen LogP contribution < -0.4 is 4.90 Å². The highest BCUT2D eigenvalue weighted by molar-refractivity contribution is 5.84. The van der Waals surface area contributed by atoms with Crippen molar-refractivity contribution < 1.29 is 0 Å². The Bertz CT molecular complexity index is 774. The second-order valence-electron chi connectivity index (χ2n) is 5.25. The third kappa shape index (κ3) is 3.11. The molecule has 0 N–H and O–H groups in total. The molecule has 3 aromatic rings. The Morgan fingerprint density at radius 3 is 2.43 bits per heavy atom. The van der Waals surface area contributed by atoms with Crippen LogP contribution in [0, 0.1) is 0 Å². The van der Waals surface area contributed by atoms with Crippen molar-refractivity contribution in [3.05, 3.63) is 71.9 Å². The Kier molecular flexibility index (Phi) is 3.69. The fraction of sp³-hybridized carbons (Fsp3) is 0.105. The number of rotatable bonds is 3. The zero-order valence-electron chi connectivity index (χ0n) is 12.3.